The van der Waals surface area contributed by atoms with E-state index in [1.54, 1.807) is 42.5 Å². The van der Waals surface area contributed by atoms with Gasteiger partial charge in [0.25, 0.3) is 0 Å². The van der Waals surface area contributed by atoms with Crippen LogP contribution in [0, 0.1) is 6.92 Å². The number of nitrogens with zero attached hydrogens (tertiary/aromatic N) is 1. The van der Waals surface area contributed by atoms with Gasteiger partial charge in [-0.3, -0.25) is 9.59 Å². The minimum Gasteiger partial charge on any atom is -0.494 e. The number of amides is 2. The first-order valence-corrected chi connectivity index (χ1v) is 11.6. The topological polar surface area (TPSA) is 106 Å². The van der Waals surface area contributed by atoms with E-state index in [1.807, 2.05) is 56.3 Å². The second kappa shape index (κ2) is 11.6. The van der Waals surface area contributed by atoms with Gasteiger partial charge in [0.15, 0.2) is 0 Å². The zero-order valence-electron chi connectivity index (χ0n) is 20.4. The summed E-state index contributed by atoms with van der Waals surface area (Å²) in [5.74, 6) is -1.45. The molecule has 4 rings (SSSR count). The van der Waals surface area contributed by atoms with Crippen LogP contribution in [0.15, 0.2) is 90.0 Å². The highest BCUT2D eigenvalue weighted by Gasteiger charge is 2.16. The number of hydrogen-bond acceptors (Lipinski definition) is 6. The van der Waals surface area contributed by atoms with Crippen molar-refractivity contribution in [3.8, 4) is 11.5 Å². The molecule has 4 aromatic carbocycles. The Kier molecular flexibility index (Phi) is 7.90. The normalized spacial score (nSPS) is 10.8. The van der Waals surface area contributed by atoms with Crippen molar-refractivity contribution in [3.05, 3.63) is 102 Å². The van der Waals surface area contributed by atoms with Gasteiger partial charge in [-0.05, 0) is 66.6 Å². The molecule has 186 valence electrons. The average molecular weight is 496 g/mol. The number of benzene rings is 4. The highest BCUT2D eigenvalue weighted by atomic mass is 16.5. The van der Waals surface area contributed by atoms with E-state index < -0.39 is 17.8 Å². The molecule has 0 aliphatic rings. The zero-order valence-corrected chi connectivity index (χ0v) is 20.4. The summed E-state index contributed by atoms with van der Waals surface area (Å²) in [7, 11) is 0. The molecule has 0 unspecified atom stereocenters. The molecular weight excluding hydrogens is 470 g/mol. The molecule has 0 saturated carbocycles. The maximum absolute atomic E-state index is 12.8. The van der Waals surface area contributed by atoms with Gasteiger partial charge in [-0.15, -0.1) is 0 Å². The van der Waals surface area contributed by atoms with Crippen molar-refractivity contribution in [3.63, 3.8) is 0 Å². The van der Waals surface area contributed by atoms with Gasteiger partial charge in [-0.2, -0.15) is 5.10 Å². The molecule has 0 aliphatic heterocycles. The molecule has 0 spiro atoms. The smallest absolute Gasteiger partial charge is 0.343 e. The molecule has 0 heterocycles. The Labute approximate surface area is 213 Å². The van der Waals surface area contributed by atoms with E-state index in [4.69, 9.17) is 9.47 Å². The third kappa shape index (κ3) is 6.18. The number of rotatable bonds is 7. The summed E-state index contributed by atoms with van der Waals surface area (Å²) < 4.78 is 11.1. The van der Waals surface area contributed by atoms with Crippen molar-refractivity contribution in [2.75, 3.05) is 11.9 Å². The molecule has 2 N–H and O–H groups in total. The van der Waals surface area contributed by atoms with Gasteiger partial charge < -0.3 is 14.8 Å². The molecule has 0 aliphatic carbocycles. The van der Waals surface area contributed by atoms with Gasteiger partial charge in [-0.1, -0.05) is 48.5 Å². The van der Waals surface area contributed by atoms with Crippen LogP contribution in [0.2, 0.25) is 0 Å². The van der Waals surface area contributed by atoms with Crippen LogP contribution in [0.5, 0.6) is 11.5 Å². The van der Waals surface area contributed by atoms with Crippen LogP contribution in [0.25, 0.3) is 10.8 Å². The number of esters is 1. The Bertz CT molecular complexity index is 1480. The summed E-state index contributed by atoms with van der Waals surface area (Å²) in [6.45, 7) is 4.22. The van der Waals surface area contributed by atoms with Gasteiger partial charge in [-0.25, -0.2) is 10.2 Å². The first kappa shape index (κ1) is 25.1. The molecule has 37 heavy (non-hydrogen) atoms. The van der Waals surface area contributed by atoms with Gasteiger partial charge in [0.1, 0.15) is 11.5 Å². The molecule has 8 nitrogen and oxygen atoms in total. The zero-order chi connectivity index (χ0) is 26.2. The molecular formula is C29H25N3O5. The van der Waals surface area contributed by atoms with Crippen LogP contribution in [-0.2, 0) is 9.59 Å². The lowest BCUT2D eigenvalue weighted by molar-refractivity contribution is -0.136. The number of hydrazone groups is 1. The quantitative estimate of drug-likeness (QED) is 0.125. The average Bonchev–Trinajstić information content (AvgIpc) is 2.91. The van der Waals surface area contributed by atoms with E-state index in [0.29, 0.717) is 29.2 Å². The van der Waals surface area contributed by atoms with Crippen molar-refractivity contribution in [1.82, 2.24) is 5.43 Å². The summed E-state index contributed by atoms with van der Waals surface area (Å²) in [6, 6.07) is 24.7. The number of anilines is 1. The number of carbonyl (C=O) groups excluding carboxylic acids is 3. The second-order valence-electron chi connectivity index (χ2n) is 8.01. The maximum Gasteiger partial charge on any atom is 0.343 e. The predicted octanol–water partition coefficient (Wildman–Crippen LogP) is 4.85. The van der Waals surface area contributed by atoms with E-state index >= 15 is 0 Å². The van der Waals surface area contributed by atoms with E-state index in [2.05, 4.69) is 15.8 Å². The summed E-state index contributed by atoms with van der Waals surface area (Å²) in [5.41, 5.74) is 4.40. The van der Waals surface area contributed by atoms with E-state index in [1.165, 1.54) is 6.21 Å². The summed E-state index contributed by atoms with van der Waals surface area (Å²) in [4.78, 5) is 37.4. The predicted molar refractivity (Wildman–Crippen MR) is 142 cm³/mol. The second-order valence-corrected chi connectivity index (χ2v) is 8.01. The molecule has 0 saturated heterocycles. The fourth-order valence-corrected chi connectivity index (χ4v) is 3.61. The number of fused-ring (bicyclic) bond motifs is 1. The maximum atomic E-state index is 12.8. The monoisotopic (exact) mass is 495 g/mol. The summed E-state index contributed by atoms with van der Waals surface area (Å²) in [6.07, 6.45) is 1.35. The standard InChI is InChI=1S/C29H25N3O5/c1-3-36-22-15-12-21(13-16-22)29(35)37-26-17-14-20-9-5-6-10-23(20)24(26)18-30-32-28(34)27(33)31-25-11-7-4-8-19(25)2/h4-18H,3H2,1-2H3,(H,31,33)(H,32,34). The van der Waals surface area contributed by atoms with E-state index in [9.17, 15) is 14.4 Å². The molecule has 8 heteroatoms. The molecule has 0 bridgehead atoms. The first-order chi connectivity index (χ1) is 18.0. The highest BCUT2D eigenvalue weighted by molar-refractivity contribution is 6.39. The number of ether oxygens (including phenoxy) is 2. The summed E-state index contributed by atoms with van der Waals surface area (Å²) >= 11 is 0. The molecule has 0 atom stereocenters. The highest BCUT2D eigenvalue weighted by Crippen LogP contribution is 2.27. The van der Waals surface area contributed by atoms with Crippen LogP contribution >= 0.6 is 0 Å². The number of aryl methyl sites for hydroxylation is 1. The molecule has 0 aromatic heterocycles. The minimum absolute atomic E-state index is 0.250. The Morgan fingerprint density at radius 3 is 2.35 bits per heavy atom. The van der Waals surface area contributed by atoms with Gasteiger partial charge in [0.2, 0.25) is 0 Å². The molecule has 4 aromatic rings. The van der Waals surface area contributed by atoms with Gasteiger partial charge >= 0.3 is 17.8 Å². The van der Waals surface area contributed by atoms with Crippen LogP contribution < -0.4 is 20.2 Å². The van der Waals surface area contributed by atoms with Crippen LogP contribution in [0.1, 0.15) is 28.4 Å². The SMILES string of the molecule is CCOc1ccc(C(=O)Oc2ccc3ccccc3c2C=NNC(=O)C(=O)Nc2ccccc2C)cc1. The lowest BCUT2D eigenvalue weighted by Gasteiger charge is -2.11. The van der Waals surface area contributed by atoms with E-state index in [-0.39, 0.29) is 5.75 Å². The summed E-state index contributed by atoms with van der Waals surface area (Å²) in [5, 5.41) is 8.14. The number of hydrogen-bond donors (Lipinski definition) is 2. The van der Waals surface area contributed by atoms with Crippen molar-refractivity contribution >= 4 is 40.5 Å². The number of nitrogens with one attached hydrogen (secondary N) is 2. The lowest BCUT2D eigenvalue weighted by atomic mass is 10.0. The van der Waals surface area contributed by atoms with E-state index in [0.717, 1.165) is 16.3 Å². The fraction of sp³-hybridized carbons (Fsp3) is 0.103. The largest absolute Gasteiger partial charge is 0.494 e. The van der Waals surface area contributed by atoms with Crippen molar-refractivity contribution in [1.29, 1.82) is 0 Å². The first-order valence-electron chi connectivity index (χ1n) is 11.6. The molecule has 0 radical (unpaired) electrons. The third-order valence-corrected chi connectivity index (χ3v) is 5.49. The van der Waals surface area contributed by atoms with Crippen molar-refractivity contribution < 1.29 is 23.9 Å². The Morgan fingerprint density at radius 1 is 0.865 bits per heavy atom. The molecule has 0 fully saturated rings. The third-order valence-electron chi connectivity index (χ3n) is 5.49. The Balaban J connectivity index is 1.53. The van der Waals surface area contributed by atoms with Crippen LogP contribution in [-0.4, -0.2) is 30.6 Å². The lowest BCUT2D eigenvalue weighted by Crippen LogP contribution is -2.32. The Hall–Kier alpha value is -4.98. The minimum atomic E-state index is -0.937. The van der Waals surface area contributed by atoms with Crippen molar-refractivity contribution in [2.24, 2.45) is 5.10 Å². The van der Waals surface area contributed by atoms with Crippen molar-refractivity contribution in [2.45, 2.75) is 13.8 Å². The Morgan fingerprint density at radius 2 is 1.59 bits per heavy atom. The van der Waals surface area contributed by atoms with Crippen LogP contribution in [0.4, 0.5) is 5.69 Å². The van der Waals surface area contributed by atoms with Gasteiger partial charge in [0.05, 0.1) is 18.4 Å². The fourth-order valence-electron chi connectivity index (χ4n) is 3.61. The van der Waals surface area contributed by atoms with Crippen LogP contribution in [0.3, 0.4) is 0 Å². The number of para-hydroxylation sites is 1. The van der Waals surface area contributed by atoms with Gasteiger partial charge in [0, 0.05) is 11.3 Å². The molecule has 2 amide bonds. The number of carbonyl (C=O) groups is 3.